The van der Waals surface area contributed by atoms with Crippen LogP contribution in [0.1, 0.15) is 6.42 Å². The molecule has 1 amide bonds. The largest absolute Gasteiger partial charge is 0.319 e. The first-order chi connectivity index (χ1) is 3.81. The highest BCUT2D eigenvalue weighted by Crippen LogP contribution is 1.78. The van der Waals surface area contributed by atoms with Crippen molar-refractivity contribution in [2.75, 3.05) is 13.6 Å². The molecule has 0 rings (SSSR count). The smallest absolute Gasteiger partial charge is 0.246 e. The lowest BCUT2D eigenvalue weighted by Gasteiger charge is -1.90. The van der Waals surface area contributed by atoms with Crippen LogP contribution in [0.5, 0.6) is 0 Å². The number of hydrogen-bond donors (Lipinski definition) is 1. The van der Waals surface area contributed by atoms with Crippen LogP contribution in [-0.2, 0) is 4.79 Å². The molecule has 0 aliphatic rings. The molecular formula is C5H10N2O. The summed E-state index contributed by atoms with van der Waals surface area (Å²) in [4.78, 5) is 13.5. The highest BCUT2D eigenvalue weighted by molar-refractivity contribution is 5.80. The van der Waals surface area contributed by atoms with Crippen LogP contribution in [0, 0.1) is 0 Å². The van der Waals surface area contributed by atoms with Gasteiger partial charge in [-0.3, -0.25) is 4.79 Å². The summed E-state index contributed by atoms with van der Waals surface area (Å²) in [5, 5.41) is 2.82. The summed E-state index contributed by atoms with van der Waals surface area (Å²) in [5.41, 5.74) is 0. The monoisotopic (exact) mass is 114 g/mol. The van der Waals surface area contributed by atoms with Crippen LogP contribution in [0.2, 0.25) is 0 Å². The molecule has 0 aromatic carbocycles. The van der Waals surface area contributed by atoms with E-state index in [2.05, 4.69) is 17.0 Å². The van der Waals surface area contributed by atoms with Gasteiger partial charge < -0.3 is 5.32 Å². The standard InChI is InChI=1S/C5H10N2O/c1-6-4-3-5(8)7-2/h6H,2-4H2,1H3. The zero-order chi connectivity index (χ0) is 6.41. The van der Waals surface area contributed by atoms with E-state index in [4.69, 9.17) is 0 Å². The van der Waals surface area contributed by atoms with Crippen molar-refractivity contribution in [3.05, 3.63) is 0 Å². The van der Waals surface area contributed by atoms with Gasteiger partial charge in [-0.1, -0.05) is 0 Å². The molecule has 0 radical (unpaired) electrons. The summed E-state index contributed by atoms with van der Waals surface area (Å²) in [6.07, 6.45) is 0.444. The summed E-state index contributed by atoms with van der Waals surface area (Å²) < 4.78 is 0. The van der Waals surface area contributed by atoms with Crippen molar-refractivity contribution >= 4 is 12.6 Å². The van der Waals surface area contributed by atoms with Crippen LogP contribution in [0.25, 0.3) is 0 Å². The first kappa shape index (κ1) is 7.30. The third-order valence-electron chi connectivity index (χ3n) is 0.765. The van der Waals surface area contributed by atoms with E-state index >= 15 is 0 Å². The molecule has 0 aromatic rings. The van der Waals surface area contributed by atoms with Gasteiger partial charge in [-0.05, 0) is 13.8 Å². The van der Waals surface area contributed by atoms with Crippen LogP contribution in [0.15, 0.2) is 4.99 Å². The zero-order valence-corrected chi connectivity index (χ0v) is 4.98. The van der Waals surface area contributed by atoms with Gasteiger partial charge in [0, 0.05) is 13.0 Å². The van der Waals surface area contributed by atoms with Crippen molar-refractivity contribution in [1.82, 2.24) is 5.32 Å². The van der Waals surface area contributed by atoms with E-state index in [9.17, 15) is 4.79 Å². The second-order valence-corrected chi connectivity index (χ2v) is 1.41. The Morgan fingerprint density at radius 2 is 2.50 bits per heavy atom. The summed E-state index contributed by atoms with van der Waals surface area (Å²) in [6.45, 7) is 3.76. The molecule has 0 saturated heterocycles. The second-order valence-electron chi connectivity index (χ2n) is 1.41. The molecule has 0 aliphatic heterocycles. The summed E-state index contributed by atoms with van der Waals surface area (Å²) in [6, 6.07) is 0. The number of carbonyl (C=O) groups excluding carboxylic acids is 1. The molecule has 0 atom stereocenters. The normalized spacial score (nSPS) is 8.62. The quantitative estimate of drug-likeness (QED) is 0.517. The molecule has 0 bridgehead atoms. The van der Waals surface area contributed by atoms with Crippen molar-refractivity contribution < 1.29 is 4.79 Å². The van der Waals surface area contributed by atoms with Crippen molar-refractivity contribution in [2.45, 2.75) is 6.42 Å². The minimum Gasteiger partial charge on any atom is -0.319 e. The Labute approximate surface area is 48.8 Å². The van der Waals surface area contributed by atoms with Crippen LogP contribution in [0.3, 0.4) is 0 Å². The highest BCUT2D eigenvalue weighted by Gasteiger charge is 1.91. The third-order valence-corrected chi connectivity index (χ3v) is 0.765. The highest BCUT2D eigenvalue weighted by atomic mass is 16.1. The van der Waals surface area contributed by atoms with E-state index in [1.54, 1.807) is 7.05 Å². The van der Waals surface area contributed by atoms with E-state index in [0.717, 1.165) is 0 Å². The molecule has 0 heterocycles. The molecular weight excluding hydrogens is 104 g/mol. The number of amides is 1. The second kappa shape index (κ2) is 4.46. The summed E-state index contributed by atoms with van der Waals surface area (Å²) in [7, 11) is 1.79. The number of aliphatic imine (C=N–C) groups is 1. The molecule has 0 saturated carbocycles. The molecule has 3 nitrogen and oxygen atoms in total. The fourth-order valence-electron chi connectivity index (χ4n) is 0.311. The maximum atomic E-state index is 10.3. The topological polar surface area (TPSA) is 41.5 Å². The van der Waals surface area contributed by atoms with Gasteiger partial charge in [-0.25, -0.2) is 4.99 Å². The molecule has 3 heteroatoms. The maximum Gasteiger partial charge on any atom is 0.246 e. The minimum atomic E-state index is -0.153. The first-order valence-corrected chi connectivity index (χ1v) is 2.45. The minimum absolute atomic E-state index is 0.153. The van der Waals surface area contributed by atoms with Crippen LogP contribution in [0.4, 0.5) is 0 Å². The number of nitrogens with one attached hydrogen (secondary N) is 1. The fraction of sp³-hybridized carbons (Fsp3) is 0.600. The lowest BCUT2D eigenvalue weighted by atomic mass is 10.4. The van der Waals surface area contributed by atoms with Gasteiger partial charge in [0.15, 0.2) is 0 Å². The van der Waals surface area contributed by atoms with Crippen LogP contribution >= 0.6 is 0 Å². The van der Waals surface area contributed by atoms with Gasteiger partial charge in [0.1, 0.15) is 0 Å². The molecule has 0 aliphatic carbocycles. The Hall–Kier alpha value is -0.700. The lowest BCUT2D eigenvalue weighted by Crippen LogP contribution is -2.11. The summed E-state index contributed by atoms with van der Waals surface area (Å²) in [5.74, 6) is -0.153. The first-order valence-electron chi connectivity index (χ1n) is 2.45. The lowest BCUT2D eigenvalue weighted by molar-refractivity contribution is -0.117. The number of nitrogens with zero attached hydrogens (tertiary/aromatic N) is 1. The van der Waals surface area contributed by atoms with Crippen LogP contribution < -0.4 is 5.32 Å². The van der Waals surface area contributed by atoms with Gasteiger partial charge in [0.2, 0.25) is 5.91 Å². The van der Waals surface area contributed by atoms with Crippen molar-refractivity contribution in [2.24, 2.45) is 4.99 Å². The molecule has 0 spiro atoms. The van der Waals surface area contributed by atoms with E-state index in [1.807, 2.05) is 0 Å². The van der Waals surface area contributed by atoms with E-state index in [1.165, 1.54) is 0 Å². The Balaban J connectivity index is 3.11. The van der Waals surface area contributed by atoms with Gasteiger partial charge in [-0.15, -0.1) is 0 Å². The zero-order valence-electron chi connectivity index (χ0n) is 4.98. The van der Waals surface area contributed by atoms with Crippen molar-refractivity contribution in [3.63, 3.8) is 0 Å². The predicted octanol–water partition coefficient (Wildman–Crippen LogP) is -0.177. The third kappa shape index (κ3) is 3.49. The number of hydrogen-bond acceptors (Lipinski definition) is 2. The molecule has 0 unspecified atom stereocenters. The Kier molecular flexibility index (Phi) is 4.07. The molecule has 0 aromatic heterocycles. The fourth-order valence-corrected chi connectivity index (χ4v) is 0.311. The number of rotatable bonds is 3. The Morgan fingerprint density at radius 3 is 2.88 bits per heavy atom. The summed E-state index contributed by atoms with van der Waals surface area (Å²) >= 11 is 0. The van der Waals surface area contributed by atoms with Crippen molar-refractivity contribution in [1.29, 1.82) is 0 Å². The number of carbonyl (C=O) groups is 1. The van der Waals surface area contributed by atoms with E-state index in [0.29, 0.717) is 13.0 Å². The average molecular weight is 114 g/mol. The van der Waals surface area contributed by atoms with Gasteiger partial charge >= 0.3 is 0 Å². The maximum absolute atomic E-state index is 10.3. The van der Waals surface area contributed by atoms with E-state index in [-0.39, 0.29) is 5.91 Å². The van der Waals surface area contributed by atoms with Crippen molar-refractivity contribution in [3.8, 4) is 0 Å². The van der Waals surface area contributed by atoms with Crippen LogP contribution in [-0.4, -0.2) is 26.2 Å². The Morgan fingerprint density at radius 1 is 1.88 bits per heavy atom. The average Bonchev–Trinajstić information content (AvgIpc) is 1.83. The predicted molar refractivity (Wildman–Crippen MR) is 33.1 cm³/mol. The van der Waals surface area contributed by atoms with Gasteiger partial charge in [0.05, 0.1) is 0 Å². The molecule has 8 heavy (non-hydrogen) atoms. The SMILES string of the molecule is C=NC(=O)CCNC. The molecule has 1 N–H and O–H groups in total. The van der Waals surface area contributed by atoms with E-state index < -0.39 is 0 Å². The molecule has 0 fully saturated rings. The molecule has 46 valence electrons. The van der Waals surface area contributed by atoms with Gasteiger partial charge in [0.25, 0.3) is 0 Å². The van der Waals surface area contributed by atoms with Gasteiger partial charge in [-0.2, -0.15) is 0 Å². The Bertz CT molecular complexity index is 90.4.